The molecule has 1 aliphatic heterocycles. The number of thioether (sulfide) groups is 1. The van der Waals surface area contributed by atoms with Crippen LogP contribution < -0.4 is 4.72 Å². The van der Waals surface area contributed by atoms with Crippen molar-refractivity contribution in [2.75, 3.05) is 17.3 Å². The zero-order valence-electron chi connectivity index (χ0n) is 12.0. The van der Waals surface area contributed by atoms with E-state index in [2.05, 4.69) is 0 Å². The average molecular weight is 363 g/mol. The van der Waals surface area contributed by atoms with Gasteiger partial charge in [0.25, 0.3) is 10.0 Å². The van der Waals surface area contributed by atoms with Crippen molar-refractivity contribution in [3.8, 4) is 0 Å². The van der Waals surface area contributed by atoms with Gasteiger partial charge in [0.1, 0.15) is 0 Å². The molecule has 122 valence electrons. The van der Waals surface area contributed by atoms with E-state index in [1.54, 1.807) is 25.1 Å². The lowest BCUT2D eigenvalue weighted by atomic mass is 10.2. The Balaban J connectivity index is 1.93. The van der Waals surface area contributed by atoms with Gasteiger partial charge in [-0.25, -0.2) is 21.6 Å². The van der Waals surface area contributed by atoms with Gasteiger partial charge >= 0.3 is 0 Å². The molecule has 2 rings (SSSR count). The third-order valence-corrected chi connectivity index (χ3v) is 8.09. The minimum atomic E-state index is -3.89. The van der Waals surface area contributed by atoms with Crippen molar-refractivity contribution >= 4 is 37.5 Å². The lowest BCUT2D eigenvalue weighted by molar-refractivity contribution is -0.116. The van der Waals surface area contributed by atoms with Crippen LogP contribution in [-0.4, -0.2) is 45.3 Å². The number of carbonyl (C=O) groups is 1. The van der Waals surface area contributed by atoms with Gasteiger partial charge in [0, 0.05) is 5.25 Å². The van der Waals surface area contributed by atoms with E-state index >= 15 is 0 Å². The van der Waals surface area contributed by atoms with Gasteiger partial charge in [0.2, 0.25) is 5.91 Å². The second-order valence-corrected chi connectivity index (χ2v) is 10.3. The topological polar surface area (TPSA) is 97.4 Å². The maximum atomic E-state index is 12.1. The molecule has 9 heteroatoms. The van der Waals surface area contributed by atoms with Gasteiger partial charge in [-0.3, -0.25) is 4.79 Å². The maximum Gasteiger partial charge on any atom is 0.264 e. The van der Waals surface area contributed by atoms with Crippen molar-refractivity contribution in [3.05, 3.63) is 29.8 Å². The predicted octanol–water partition coefficient (Wildman–Crippen LogP) is 0.720. The first-order valence-electron chi connectivity index (χ1n) is 6.63. The second-order valence-electron chi connectivity index (χ2n) is 5.13. The quantitative estimate of drug-likeness (QED) is 0.828. The van der Waals surface area contributed by atoms with Crippen LogP contribution in [0.1, 0.15) is 12.0 Å². The van der Waals surface area contributed by atoms with Crippen LogP contribution in [0.2, 0.25) is 0 Å². The van der Waals surface area contributed by atoms with Crippen molar-refractivity contribution in [2.45, 2.75) is 23.5 Å². The smallest absolute Gasteiger partial charge is 0.264 e. The Labute approximate surface area is 134 Å². The van der Waals surface area contributed by atoms with Gasteiger partial charge in [0.05, 0.1) is 22.2 Å². The van der Waals surface area contributed by atoms with Crippen molar-refractivity contribution in [1.29, 1.82) is 0 Å². The van der Waals surface area contributed by atoms with E-state index in [0.29, 0.717) is 12.0 Å². The van der Waals surface area contributed by atoms with Gasteiger partial charge < -0.3 is 0 Å². The number of aryl methyl sites for hydroxylation is 1. The van der Waals surface area contributed by atoms with E-state index in [9.17, 15) is 21.6 Å². The molecule has 1 fully saturated rings. The van der Waals surface area contributed by atoms with Crippen molar-refractivity contribution in [2.24, 2.45) is 0 Å². The lowest BCUT2D eigenvalue weighted by Gasteiger charge is -2.10. The van der Waals surface area contributed by atoms with Crippen molar-refractivity contribution in [3.63, 3.8) is 0 Å². The molecule has 22 heavy (non-hydrogen) atoms. The summed E-state index contributed by atoms with van der Waals surface area (Å²) in [5, 5.41) is -0.142. The molecule has 6 nitrogen and oxygen atoms in total. The fraction of sp³-hybridized carbons (Fsp3) is 0.462. The number of carbonyl (C=O) groups excluding carboxylic acids is 1. The van der Waals surface area contributed by atoms with E-state index in [-0.39, 0.29) is 27.4 Å². The van der Waals surface area contributed by atoms with E-state index in [0.717, 1.165) is 0 Å². The Bertz CT molecular complexity index is 771. The van der Waals surface area contributed by atoms with Gasteiger partial charge in [-0.1, -0.05) is 18.2 Å². The number of rotatable bonds is 5. The number of sulfone groups is 1. The van der Waals surface area contributed by atoms with E-state index < -0.39 is 25.8 Å². The van der Waals surface area contributed by atoms with Gasteiger partial charge in [-0.15, -0.1) is 11.8 Å². The van der Waals surface area contributed by atoms with Crippen LogP contribution in [0.15, 0.2) is 29.2 Å². The van der Waals surface area contributed by atoms with E-state index in [1.165, 1.54) is 17.8 Å². The van der Waals surface area contributed by atoms with Crippen LogP contribution in [0.4, 0.5) is 0 Å². The third-order valence-electron chi connectivity index (χ3n) is 3.27. The molecule has 1 amide bonds. The summed E-state index contributed by atoms with van der Waals surface area (Å²) in [4.78, 5) is 11.9. The molecule has 0 radical (unpaired) electrons. The highest BCUT2D eigenvalue weighted by atomic mass is 32.2. The Hall–Kier alpha value is -1.06. The number of hydrogen-bond donors (Lipinski definition) is 1. The summed E-state index contributed by atoms with van der Waals surface area (Å²) >= 11 is 1.18. The molecule has 0 aliphatic carbocycles. The highest BCUT2D eigenvalue weighted by Crippen LogP contribution is 2.24. The van der Waals surface area contributed by atoms with Crippen LogP contribution in [0.25, 0.3) is 0 Å². The number of amides is 1. The van der Waals surface area contributed by atoms with Crippen LogP contribution in [0.5, 0.6) is 0 Å². The zero-order chi connectivity index (χ0) is 16.4. The molecule has 0 saturated carbocycles. The second kappa shape index (κ2) is 6.59. The lowest BCUT2D eigenvalue weighted by Crippen LogP contribution is -2.32. The Morgan fingerprint density at radius 3 is 2.64 bits per heavy atom. The summed E-state index contributed by atoms with van der Waals surface area (Å²) in [5.74, 6) is -0.535. The number of nitrogens with one attached hydrogen (secondary N) is 1. The molecule has 0 bridgehead atoms. The first kappa shape index (κ1) is 17.3. The van der Waals surface area contributed by atoms with E-state index in [4.69, 9.17) is 0 Å². The summed E-state index contributed by atoms with van der Waals surface area (Å²) in [6, 6.07) is 6.38. The predicted molar refractivity (Wildman–Crippen MR) is 86.0 cm³/mol. The van der Waals surface area contributed by atoms with Crippen LogP contribution >= 0.6 is 11.8 Å². The summed E-state index contributed by atoms with van der Waals surface area (Å²) < 4.78 is 48.9. The third kappa shape index (κ3) is 4.47. The van der Waals surface area contributed by atoms with Crippen LogP contribution in [0, 0.1) is 6.92 Å². The van der Waals surface area contributed by atoms with Crippen LogP contribution in [0.3, 0.4) is 0 Å². The SMILES string of the molecule is Cc1ccccc1S(=O)(=O)NC(=O)CS[C@@H]1CCS(=O)(=O)C1. The minimum Gasteiger partial charge on any atom is -0.273 e. The van der Waals surface area contributed by atoms with Gasteiger partial charge in [-0.2, -0.15) is 0 Å². The summed E-state index contributed by atoms with van der Waals surface area (Å²) in [6.45, 7) is 1.65. The minimum absolute atomic E-state index is 0.0511. The Morgan fingerprint density at radius 2 is 2.05 bits per heavy atom. The first-order valence-corrected chi connectivity index (χ1v) is 11.0. The standard InChI is InChI=1S/C13H17NO5S3/c1-10-4-2-3-5-12(10)22(18,19)14-13(15)8-20-11-6-7-21(16,17)9-11/h2-5,11H,6-9H2,1H3,(H,14,15)/t11-/m1/s1. The monoisotopic (exact) mass is 363 g/mol. The van der Waals surface area contributed by atoms with Gasteiger partial charge in [-0.05, 0) is 25.0 Å². The average Bonchev–Trinajstić information content (AvgIpc) is 2.76. The molecule has 0 aromatic heterocycles. The van der Waals surface area contributed by atoms with Crippen molar-refractivity contribution < 1.29 is 21.6 Å². The van der Waals surface area contributed by atoms with Crippen LogP contribution in [-0.2, 0) is 24.7 Å². The molecule has 1 aromatic rings. The molecule has 1 saturated heterocycles. The molecule has 0 unspecified atom stereocenters. The largest absolute Gasteiger partial charge is 0.273 e. The molecule has 0 spiro atoms. The van der Waals surface area contributed by atoms with Gasteiger partial charge in [0.15, 0.2) is 9.84 Å². The summed E-state index contributed by atoms with van der Waals surface area (Å²) in [7, 11) is -6.89. The Kier molecular flexibility index (Phi) is 5.18. The zero-order valence-corrected chi connectivity index (χ0v) is 14.4. The summed E-state index contributed by atoms with van der Waals surface area (Å²) in [6.07, 6.45) is 0.505. The molecular weight excluding hydrogens is 346 g/mol. The van der Waals surface area contributed by atoms with E-state index in [1.807, 2.05) is 4.72 Å². The fourth-order valence-electron chi connectivity index (χ4n) is 2.18. The highest BCUT2D eigenvalue weighted by Gasteiger charge is 2.29. The first-order chi connectivity index (χ1) is 10.2. The molecule has 1 atom stereocenters. The molecule has 1 aliphatic rings. The highest BCUT2D eigenvalue weighted by molar-refractivity contribution is 8.02. The fourth-order valence-corrected chi connectivity index (χ4v) is 6.94. The molecule has 1 N–H and O–H groups in total. The number of benzene rings is 1. The Morgan fingerprint density at radius 1 is 1.36 bits per heavy atom. The van der Waals surface area contributed by atoms with Crippen molar-refractivity contribution in [1.82, 2.24) is 4.72 Å². The normalized spacial score (nSPS) is 20.7. The number of hydrogen-bond acceptors (Lipinski definition) is 6. The molecular formula is C13H17NO5S3. The summed E-state index contributed by atoms with van der Waals surface area (Å²) in [5.41, 5.74) is 0.553. The molecule has 1 aromatic carbocycles. The molecule has 1 heterocycles. The number of sulfonamides is 1. The maximum absolute atomic E-state index is 12.1.